The molecule has 0 radical (unpaired) electrons. The van der Waals surface area contributed by atoms with Crippen LogP contribution in [0.25, 0.3) is 11.1 Å². The summed E-state index contributed by atoms with van der Waals surface area (Å²) in [6, 6.07) is 13.6. The predicted molar refractivity (Wildman–Crippen MR) is 113 cm³/mol. The molecule has 28 heavy (non-hydrogen) atoms. The number of carboxylic acid groups (broad SMARTS) is 1. The molecule has 0 atom stereocenters. The first-order chi connectivity index (χ1) is 13.3. The zero-order chi connectivity index (χ0) is 20.3. The van der Waals surface area contributed by atoms with Crippen molar-refractivity contribution >= 4 is 55.7 Å². The molecule has 0 aliphatic rings. The van der Waals surface area contributed by atoms with Crippen molar-refractivity contribution < 1.29 is 19.5 Å². The fourth-order valence-corrected chi connectivity index (χ4v) is 3.81. The fourth-order valence-electron chi connectivity index (χ4n) is 2.59. The summed E-state index contributed by atoms with van der Waals surface area (Å²) in [4.78, 5) is 35.4. The highest BCUT2D eigenvalue weighted by atomic mass is 79.9. The minimum Gasteiger partial charge on any atom is -0.478 e. The van der Waals surface area contributed by atoms with E-state index in [0.29, 0.717) is 16.8 Å². The van der Waals surface area contributed by atoms with Gasteiger partial charge in [-0.05, 0) is 42.0 Å². The number of carboxylic acids is 1. The third-order valence-corrected chi connectivity index (χ3v) is 5.28. The van der Waals surface area contributed by atoms with Crippen LogP contribution in [0.4, 0.5) is 10.7 Å². The molecule has 0 spiro atoms. The third kappa shape index (κ3) is 4.47. The van der Waals surface area contributed by atoms with E-state index in [0.717, 1.165) is 21.4 Å². The lowest BCUT2D eigenvalue weighted by Crippen LogP contribution is -2.14. The lowest BCUT2D eigenvalue weighted by atomic mass is 10.0. The molecule has 0 unspecified atom stereocenters. The van der Waals surface area contributed by atoms with Crippen LogP contribution < -0.4 is 10.6 Å². The molecule has 1 aromatic heterocycles. The van der Waals surface area contributed by atoms with Gasteiger partial charge in [-0.15, -0.1) is 11.3 Å². The van der Waals surface area contributed by atoms with Crippen LogP contribution in [0.2, 0.25) is 0 Å². The molecule has 1 heterocycles. The Morgan fingerprint density at radius 2 is 1.61 bits per heavy atom. The van der Waals surface area contributed by atoms with E-state index < -0.39 is 11.9 Å². The van der Waals surface area contributed by atoms with E-state index in [2.05, 4.69) is 26.6 Å². The number of carbonyl (C=O) groups excluding carboxylic acids is 2. The molecule has 0 fully saturated rings. The highest BCUT2D eigenvalue weighted by Gasteiger charge is 2.21. The second-order valence-corrected chi connectivity index (χ2v) is 7.67. The zero-order valence-corrected chi connectivity index (χ0v) is 17.1. The standard InChI is InChI=1S/C20H15BrN2O4S/c1-11(24)22-15-8-4-13(5-9-15)18(25)23-19-17(20(26)27)16(10-28-19)12-2-6-14(21)7-3-12/h2-10H,1H3,(H,22,24)(H,23,25)(H,26,27). The van der Waals surface area contributed by atoms with Gasteiger partial charge in [-0.2, -0.15) is 0 Å². The molecule has 0 saturated heterocycles. The van der Waals surface area contributed by atoms with Crippen LogP contribution in [0, 0.1) is 0 Å². The molecular formula is C20H15BrN2O4S. The maximum absolute atomic E-state index is 12.5. The van der Waals surface area contributed by atoms with Gasteiger partial charge in [-0.25, -0.2) is 4.79 Å². The number of halogens is 1. The van der Waals surface area contributed by atoms with Crippen LogP contribution >= 0.6 is 27.3 Å². The van der Waals surface area contributed by atoms with Crippen molar-refractivity contribution in [2.45, 2.75) is 6.92 Å². The Labute approximate surface area is 173 Å². The zero-order valence-electron chi connectivity index (χ0n) is 14.7. The number of hydrogen-bond acceptors (Lipinski definition) is 4. The molecule has 8 heteroatoms. The van der Waals surface area contributed by atoms with Crippen LogP contribution in [0.3, 0.4) is 0 Å². The Morgan fingerprint density at radius 1 is 0.964 bits per heavy atom. The summed E-state index contributed by atoms with van der Waals surface area (Å²) >= 11 is 4.51. The van der Waals surface area contributed by atoms with Gasteiger partial charge in [0.1, 0.15) is 10.6 Å². The van der Waals surface area contributed by atoms with Crippen LogP contribution in [-0.2, 0) is 4.79 Å². The Kier molecular flexibility index (Phi) is 5.91. The van der Waals surface area contributed by atoms with Crippen molar-refractivity contribution in [3.63, 3.8) is 0 Å². The molecule has 2 aromatic carbocycles. The van der Waals surface area contributed by atoms with E-state index >= 15 is 0 Å². The van der Waals surface area contributed by atoms with Crippen LogP contribution in [0.5, 0.6) is 0 Å². The van der Waals surface area contributed by atoms with Gasteiger partial charge in [-0.1, -0.05) is 28.1 Å². The molecule has 3 N–H and O–H groups in total. The van der Waals surface area contributed by atoms with Gasteiger partial charge < -0.3 is 15.7 Å². The number of nitrogens with one attached hydrogen (secondary N) is 2. The van der Waals surface area contributed by atoms with Gasteiger partial charge in [0.05, 0.1) is 0 Å². The Balaban J connectivity index is 1.86. The van der Waals surface area contributed by atoms with Crippen molar-refractivity contribution in [3.05, 3.63) is 69.5 Å². The molecular weight excluding hydrogens is 444 g/mol. The van der Waals surface area contributed by atoms with Gasteiger partial charge in [-0.3, -0.25) is 9.59 Å². The number of amides is 2. The Morgan fingerprint density at radius 3 is 2.18 bits per heavy atom. The molecule has 0 aliphatic heterocycles. The van der Waals surface area contributed by atoms with Gasteiger partial charge >= 0.3 is 5.97 Å². The molecule has 0 bridgehead atoms. The largest absolute Gasteiger partial charge is 0.478 e. The van der Waals surface area contributed by atoms with E-state index in [1.807, 2.05) is 24.3 Å². The number of anilines is 2. The number of rotatable bonds is 5. The summed E-state index contributed by atoms with van der Waals surface area (Å²) < 4.78 is 0.889. The van der Waals surface area contributed by atoms with Gasteiger partial charge in [0.25, 0.3) is 5.91 Å². The summed E-state index contributed by atoms with van der Waals surface area (Å²) in [6.45, 7) is 1.40. The van der Waals surface area contributed by atoms with Gasteiger partial charge in [0, 0.05) is 33.6 Å². The minimum atomic E-state index is -1.12. The average Bonchev–Trinajstić information content (AvgIpc) is 3.06. The Hall–Kier alpha value is -2.97. The van der Waals surface area contributed by atoms with Crippen molar-refractivity contribution in [1.82, 2.24) is 0 Å². The van der Waals surface area contributed by atoms with Crippen LogP contribution in [-0.4, -0.2) is 22.9 Å². The fraction of sp³-hybridized carbons (Fsp3) is 0.0500. The molecule has 3 aromatic rings. The van der Waals surface area contributed by atoms with Crippen molar-refractivity contribution in [1.29, 1.82) is 0 Å². The summed E-state index contributed by atoms with van der Waals surface area (Å²) in [5.41, 5.74) is 2.27. The second-order valence-electron chi connectivity index (χ2n) is 5.88. The first kappa shape index (κ1) is 19.8. The van der Waals surface area contributed by atoms with Crippen LogP contribution in [0.15, 0.2) is 58.4 Å². The SMILES string of the molecule is CC(=O)Nc1ccc(C(=O)Nc2scc(-c3ccc(Br)cc3)c2C(=O)O)cc1. The van der Waals surface area contributed by atoms with Gasteiger partial charge in [0.2, 0.25) is 5.91 Å². The summed E-state index contributed by atoms with van der Waals surface area (Å²) in [7, 11) is 0. The lowest BCUT2D eigenvalue weighted by Gasteiger charge is -2.07. The molecule has 0 saturated carbocycles. The normalized spacial score (nSPS) is 10.4. The van der Waals surface area contributed by atoms with Crippen LogP contribution in [0.1, 0.15) is 27.6 Å². The second kappa shape index (κ2) is 8.37. The molecule has 6 nitrogen and oxygen atoms in total. The topological polar surface area (TPSA) is 95.5 Å². The van der Waals surface area contributed by atoms with E-state index in [9.17, 15) is 19.5 Å². The van der Waals surface area contributed by atoms with Crippen molar-refractivity contribution in [3.8, 4) is 11.1 Å². The summed E-state index contributed by atoms with van der Waals surface area (Å²) in [5.74, 6) is -1.75. The monoisotopic (exact) mass is 458 g/mol. The van der Waals surface area contributed by atoms with Crippen molar-refractivity contribution in [2.24, 2.45) is 0 Å². The first-order valence-corrected chi connectivity index (χ1v) is 9.82. The summed E-state index contributed by atoms with van der Waals surface area (Å²) in [6.07, 6.45) is 0. The number of benzene rings is 2. The number of thiophene rings is 1. The third-order valence-electron chi connectivity index (χ3n) is 3.85. The maximum Gasteiger partial charge on any atom is 0.339 e. The van der Waals surface area contributed by atoms with E-state index in [-0.39, 0.29) is 16.5 Å². The number of aromatic carboxylic acids is 1. The molecule has 2 amide bonds. The highest BCUT2D eigenvalue weighted by molar-refractivity contribution is 9.10. The molecule has 142 valence electrons. The highest BCUT2D eigenvalue weighted by Crippen LogP contribution is 2.36. The maximum atomic E-state index is 12.5. The number of hydrogen-bond donors (Lipinski definition) is 3. The minimum absolute atomic E-state index is 0.0514. The summed E-state index contributed by atoms with van der Waals surface area (Å²) in [5, 5.41) is 16.9. The predicted octanol–water partition coefficient (Wildman–Crippen LogP) is 5.09. The van der Waals surface area contributed by atoms with Crippen molar-refractivity contribution in [2.75, 3.05) is 10.6 Å². The lowest BCUT2D eigenvalue weighted by molar-refractivity contribution is -0.114. The van der Waals surface area contributed by atoms with E-state index in [1.54, 1.807) is 29.6 Å². The molecule has 0 aliphatic carbocycles. The Bertz CT molecular complexity index is 1040. The number of carbonyl (C=O) groups is 3. The average molecular weight is 459 g/mol. The van der Waals surface area contributed by atoms with E-state index in [1.165, 1.54) is 6.92 Å². The van der Waals surface area contributed by atoms with E-state index in [4.69, 9.17) is 0 Å². The smallest absolute Gasteiger partial charge is 0.339 e. The molecule has 3 rings (SSSR count). The first-order valence-electron chi connectivity index (χ1n) is 8.15. The van der Waals surface area contributed by atoms with Gasteiger partial charge in [0.15, 0.2) is 0 Å². The quantitative estimate of drug-likeness (QED) is 0.496.